The van der Waals surface area contributed by atoms with E-state index in [4.69, 9.17) is 14.0 Å². The number of aromatic nitrogens is 1. The number of aryl methyl sites for hydroxylation is 2. The molecule has 2 rings (SSSR count). The van der Waals surface area contributed by atoms with E-state index in [1.54, 1.807) is 13.8 Å². The summed E-state index contributed by atoms with van der Waals surface area (Å²) < 4.78 is 14.8. The van der Waals surface area contributed by atoms with Gasteiger partial charge in [-0.05, 0) is 26.0 Å². The van der Waals surface area contributed by atoms with Gasteiger partial charge < -0.3 is 14.0 Å². The largest absolute Gasteiger partial charge is 0.514 e. The third kappa shape index (κ3) is 3.56. The lowest BCUT2D eigenvalue weighted by Gasteiger charge is -2.05. The van der Waals surface area contributed by atoms with Gasteiger partial charge in [-0.25, -0.2) is 4.79 Å². The number of rotatable bonds is 4. The van der Waals surface area contributed by atoms with Crippen LogP contribution in [0.2, 0.25) is 0 Å². The summed E-state index contributed by atoms with van der Waals surface area (Å²) >= 11 is 0. The van der Waals surface area contributed by atoms with Crippen LogP contribution in [0.15, 0.2) is 28.8 Å². The molecule has 0 spiro atoms. The monoisotopic (exact) mass is 292 g/mol. The Bertz CT molecular complexity index is 642. The highest BCUT2D eigenvalue weighted by Crippen LogP contribution is 2.18. The predicted molar refractivity (Wildman–Crippen MR) is 69.9 cm³/mol. The van der Waals surface area contributed by atoms with Crippen LogP contribution in [0.1, 0.15) is 17.0 Å². The van der Waals surface area contributed by atoms with Crippen LogP contribution < -0.4 is 4.74 Å². The standard InChI is InChI=1S/C13H12N2O6/c1-8-12(9(2)21-14-8)7-19-13(16)20-11-5-3-10(4-6-11)15(17)18/h3-6H,7H2,1-2H3. The fourth-order valence-electron chi connectivity index (χ4n) is 1.60. The number of non-ortho nitro benzene ring substituents is 1. The number of carbonyl (C=O) groups excluding carboxylic acids is 1. The summed E-state index contributed by atoms with van der Waals surface area (Å²) in [5.41, 5.74) is 1.22. The number of carbonyl (C=O) groups is 1. The normalized spacial score (nSPS) is 10.2. The van der Waals surface area contributed by atoms with Crippen LogP contribution in [-0.4, -0.2) is 16.2 Å². The summed E-state index contributed by atoms with van der Waals surface area (Å²) in [4.78, 5) is 21.5. The van der Waals surface area contributed by atoms with Crippen LogP contribution in [-0.2, 0) is 11.3 Å². The van der Waals surface area contributed by atoms with Gasteiger partial charge in [0, 0.05) is 12.1 Å². The lowest BCUT2D eigenvalue weighted by molar-refractivity contribution is -0.384. The molecule has 8 nitrogen and oxygen atoms in total. The van der Waals surface area contributed by atoms with Crippen LogP contribution in [0.5, 0.6) is 5.75 Å². The Morgan fingerprint density at radius 2 is 2.00 bits per heavy atom. The number of ether oxygens (including phenoxy) is 2. The smallest absolute Gasteiger partial charge is 0.429 e. The summed E-state index contributed by atoms with van der Waals surface area (Å²) in [5.74, 6) is 0.722. The molecule has 0 saturated heterocycles. The van der Waals surface area contributed by atoms with Gasteiger partial charge in [-0.3, -0.25) is 10.1 Å². The molecule has 21 heavy (non-hydrogen) atoms. The molecule has 0 bridgehead atoms. The average molecular weight is 292 g/mol. The maximum absolute atomic E-state index is 11.5. The van der Waals surface area contributed by atoms with Gasteiger partial charge in [-0.15, -0.1) is 0 Å². The molecule has 0 radical (unpaired) electrons. The Morgan fingerprint density at radius 1 is 1.33 bits per heavy atom. The molecule has 1 aromatic carbocycles. The van der Waals surface area contributed by atoms with E-state index in [0.717, 1.165) is 0 Å². The second kappa shape index (κ2) is 6.04. The Hall–Kier alpha value is -2.90. The van der Waals surface area contributed by atoms with Crippen LogP contribution in [0, 0.1) is 24.0 Å². The summed E-state index contributed by atoms with van der Waals surface area (Å²) in [6.45, 7) is 3.42. The van der Waals surface area contributed by atoms with Crippen molar-refractivity contribution >= 4 is 11.8 Å². The molecule has 8 heteroatoms. The van der Waals surface area contributed by atoms with E-state index < -0.39 is 11.1 Å². The first-order chi connectivity index (χ1) is 9.97. The first-order valence-corrected chi connectivity index (χ1v) is 5.98. The van der Waals surface area contributed by atoms with E-state index >= 15 is 0 Å². The molecule has 0 amide bonds. The third-order valence-electron chi connectivity index (χ3n) is 2.76. The van der Waals surface area contributed by atoms with Crippen LogP contribution >= 0.6 is 0 Å². The average Bonchev–Trinajstić information content (AvgIpc) is 2.76. The molecule has 0 aliphatic rings. The molecule has 0 saturated carbocycles. The molecule has 1 heterocycles. The molecular formula is C13H12N2O6. The van der Waals surface area contributed by atoms with Gasteiger partial charge in [-0.1, -0.05) is 5.16 Å². The van der Waals surface area contributed by atoms with Gasteiger partial charge in [0.1, 0.15) is 18.1 Å². The van der Waals surface area contributed by atoms with Gasteiger partial charge in [0.05, 0.1) is 16.2 Å². The van der Waals surface area contributed by atoms with Crippen molar-refractivity contribution in [2.45, 2.75) is 20.5 Å². The predicted octanol–water partition coefficient (Wildman–Crippen LogP) is 2.92. The molecule has 0 aliphatic carbocycles. The number of nitrogens with zero attached hydrogens (tertiary/aromatic N) is 2. The highest BCUT2D eigenvalue weighted by molar-refractivity contribution is 5.64. The van der Waals surface area contributed by atoms with Gasteiger partial charge in [-0.2, -0.15) is 0 Å². The molecule has 0 unspecified atom stereocenters. The van der Waals surface area contributed by atoms with E-state index in [-0.39, 0.29) is 18.0 Å². The first kappa shape index (κ1) is 14.5. The maximum atomic E-state index is 11.5. The quantitative estimate of drug-likeness (QED) is 0.369. The highest BCUT2D eigenvalue weighted by atomic mass is 16.7. The minimum absolute atomic E-state index is 0.0209. The SMILES string of the molecule is Cc1noc(C)c1COC(=O)Oc1ccc([N+](=O)[O-])cc1. The molecular weight excluding hydrogens is 280 g/mol. The van der Waals surface area contributed by atoms with Crippen molar-refractivity contribution in [3.8, 4) is 5.75 Å². The molecule has 0 aliphatic heterocycles. The van der Waals surface area contributed by atoms with Gasteiger partial charge >= 0.3 is 6.16 Å². The highest BCUT2D eigenvalue weighted by Gasteiger charge is 2.13. The number of nitro groups is 1. The van der Waals surface area contributed by atoms with Crippen molar-refractivity contribution in [3.05, 3.63) is 51.4 Å². The van der Waals surface area contributed by atoms with Crippen molar-refractivity contribution in [1.82, 2.24) is 5.16 Å². The van der Waals surface area contributed by atoms with Crippen LogP contribution in [0.25, 0.3) is 0 Å². The minimum Gasteiger partial charge on any atom is -0.429 e. The molecule has 0 atom stereocenters. The molecule has 2 aromatic rings. The number of hydrogen-bond donors (Lipinski definition) is 0. The summed E-state index contributed by atoms with van der Waals surface area (Å²) in [7, 11) is 0. The van der Waals surface area contributed by atoms with E-state index in [0.29, 0.717) is 17.0 Å². The van der Waals surface area contributed by atoms with Crippen molar-refractivity contribution in [2.24, 2.45) is 0 Å². The fraction of sp³-hybridized carbons (Fsp3) is 0.231. The maximum Gasteiger partial charge on any atom is 0.514 e. The van der Waals surface area contributed by atoms with Crippen molar-refractivity contribution < 1.29 is 23.7 Å². The zero-order valence-corrected chi connectivity index (χ0v) is 11.4. The Kier molecular flexibility index (Phi) is 4.17. The molecule has 1 aromatic heterocycles. The van der Waals surface area contributed by atoms with E-state index in [1.165, 1.54) is 24.3 Å². The van der Waals surface area contributed by atoms with Crippen LogP contribution in [0.3, 0.4) is 0 Å². The second-order valence-electron chi connectivity index (χ2n) is 4.19. The van der Waals surface area contributed by atoms with Gasteiger partial charge in [0.2, 0.25) is 0 Å². The Balaban J connectivity index is 1.91. The minimum atomic E-state index is -0.913. The van der Waals surface area contributed by atoms with Crippen molar-refractivity contribution in [1.29, 1.82) is 0 Å². The van der Waals surface area contributed by atoms with Crippen LogP contribution in [0.4, 0.5) is 10.5 Å². The summed E-state index contributed by atoms with van der Waals surface area (Å²) in [5, 5.41) is 14.2. The number of hydrogen-bond acceptors (Lipinski definition) is 7. The second-order valence-corrected chi connectivity index (χ2v) is 4.19. The van der Waals surface area contributed by atoms with E-state index in [1.807, 2.05) is 0 Å². The lowest BCUT2D eigenvalue weighted by Crippen LogP contribution is -2.11. The topological polar surface area (TPSA) is 105 Å². The Labute approximate surface area is 119 Å². The van der Waals surface area contributed by atoms with Gasteiger partial charge in [0.15, 0.2) is 0 Å². The molecule has 0 fully saturated rings. The van der Waals surface area contributed by atoms with E-state index in [9.17, 15) is 14.9 Å². The first-order valence-electron chi connectivity index (χ1n) is 5.98. The molecule has 110 valence electrons. The zero-order chi connectivity index (χ0) is 15.4. The van der Waals surface area contributed by atoms with Gasteiger partial charge in [0.25, 0.3) is 5.69 Å². The van der Waals surface area contributed by atoms with Crippen molar-refractivity contribution in [2.75, 3.05) is 0 Å². The molecule has 0 N–H and O–H groups in total. The van der Waals surface area contributed by atoms with Crippen molar-refractivity contribution in [3.63, 3.8) is 0 Å². The third-order valence-corrected chi connectivity index (χ3v) is 2.76. The zero-order valence-electron chi connectivity index (χ0n) is 11.4. The summed E-state index contributed by atoms with van der Waals surface area (Å²) in [6.07, 6.45) is -0.913. The fourth-order valence-corrected chi connectivity index (χ4v) is 1.60. The van der Waals surface area contributed by atoms with E-state index in [2.05, 4.69) is 5.16 Å². The number of benzene rings is 1. The lowest BCUT2D eigenvalue weighted by atomic mass is 10.2. The Morgan fingerprint density at radius 3 is 2.52 bits per heavy atom. The number of nitro benzene ring substituents is 1. The summed E-state index contributed by atoms with van der Waals surface area (Å²) in [6, 6.07) is 5.10.